The van der Waals surface area contributed by atoms with Crippen molar-refractivity contribution in [3.63, 3.8) is 0 Å². The first-order chi connectivity index (χ1) is 8.02. The van der Waals surface area contributed by atoms with Crippen LogP contribution < -0.4 is 17.4 Å². The van der Waals surface area contributed by atoms with E-state index in [1.165, 1.54) is 16.3 Å². The van der Waals surface area contributed by atoms with Crippen LogP contribution in [0.3, 0.4) is 0 Å². The second-order valence-corrected chi connectivity index (χ2v) is 3.54. The van der Waals surface area contributed by atoms with Crippen molar-refractivity contribution in [1.29, 1.82) is 0 Å². The molecule has 5 heteroatoms. The molecule has 0 spiro atoms. The summed E-state index contributed by atoms with van der Waals surface area (Å²) in [5.41, 5.74) is 5.82. The number of hydrogen-bond donors (Lipinski definition) is 3. The Morgan fingerprint density at radius 3 is 2.12 bits per heavy atom. The van der Waals surface area contributed by atoms with Crippen molar-refractivity contribution >= 4 is 16.8 Å². The molecule has 2 rings (SSSR count). The lowest BCUT2D eigenvalue weighted by Gasteiger charge is -2.00. The first-order valence-electron chi connectivity index (χ1n) is 5.05. The second kappa shape index (κ2) is 5.83. The van der Waals surface area contributed by atoms with Crippen LogP contribution in [0.25, 0.3) is 10.8 Å². The summed E-state index contributed by atoms with van der Waals surface area (Å²) in [5.74, 6) is 9.14. The third kappa shape index (κ3) is 3.75. The molecule has 0 atom stereocenters. The van der Waals surface area contributed by atoms with E-state index in [1.54, 1.807) is 0 Å². The standard InChI is InChI=1S/C11H10.CH6N4O/c1-9-5-4-7-10-6-2-3-8-11(9)10;2-1(6)5(3)4/h2-8H,1H3;3-4H2,(H2,2,6). The second-order valence-electron chi connectivity index (χ2n) is 3.54. The van der Waals surface area contributed by atoms with Crippen LogP contribution in [0.5, 0.6) is 0 Å². The monoisotopic (exact) mass is 232 g/mol. The maximum atomic E-state index is 9.60. The van der Waals surface area contributed by atoms with Gasteiger partial charge in [0.25, 0.3) is 0 Å². The highest BCUT2D eigenvalue weighted by Gasteiger charge is 1.92. The average molecular weight is 232 g/mol. The number of hydrogen-bond acceptors (Lipinski definition) is 3. The van der Waals surface area contributed by atoms with Crippen LogP contribution in [0.2, 0.25) is 0 Å². The van der Waals surface area contributed by atoms with Crippen molar-refractivity contribution in [3.8, 4) is 0 Å². The maximum Gasteiger partial charge on any atom is 0.343 e. The molecule has 0 unspecified atom stereocenters. The summed E-state index contributed by atoms with van der Waals surface area (Å²) in [6, 6.07) is 14.0. The smallest absolute Gasteiger partial charge is 0.343 e. The number of nitrogens with two attached hydrogens (primary N) is 3. The highest BCUT2D eigenvalue weighted by Crippen LogP contribution is 2.16. The Hall–Kier alpha value is -2.11. The molecule has 0 aliphatic carbocycles. The Bertz CT molecular complexity index is 505. The molecule has 0 fully saturated rings. The van der Waals surface area contributed by atoms with Crippen LogP contribution in [0.4, 0.5) is 4.79 Å². The first-order valence-corrected chi connectivity index (χ1v) is 5.05. The minimum atomic E-state index is -0.852. The molecular weight excluding hydrogens is 216 g/mol. The Morgan fingerprint density at radius 2 is 1.59 bits per heavy atom. The molecule has 0 bridgehead atoms. The molecule has 0 aromatic heterocycles. The summed E-state index contributed by atoms with van der Waals surface area (Å²) in [6.45, 7) is 2.14. The van der Waals surface area contributed by atoms with E-state index in [4.69, 9.17) is 0 Å². The van der Waals surface area contributed by atoms with Gasteiger partial charge in [0.2, 0.25) is 0 Å². The van der Waals surface area contributed by atoms with Crippen LogP contribution in [-0.2, 0) is 0 Å². The highest BCUT2D eigenvalue weighted by atomic mass is 16.2. The quantitative estimate of drug-likeness (QED) is 0.362. The van der Waals surface area contributed by atoms with Gasteiger partial charge in [-0.15, -0.1) is 0 Å². The molecule has 0 aliphatic heterocycles. The molecule has 5 nitrogen and oxygen atoms in total. The van der Waals surface area contributed by atoms with Crippen LogP contribution in [0.15, 0.2) is 42.5 Å². The number of primary amides is 1. The fourth-order valence-corrected chi connectivity index (χ4v) is 1.39. The number of aryl methyl sites for hydroxylation is 1. The molecule has 0 aliphatic rings. The third-order valence-electron chi connectivity index (χ3n) is 2.26. The van der Waals surface area contributed by atoms with Crippen LogP contribution >= 0.6 is 0 Å². The van der Waals surface area contributed by atoms with Gasteiger partial charge in [-0.2, -0.15) is 5.12 Å². The molecule has 90 valence electrons. The summed E-state index contributed by atoms with van der Waals surface area (Å²) in [5, 5.41) is 2.99. The lowest BCUT2D eigenvalue weighted by atomic mass is 10.1. The summed E-state index contributed by atoms with van der Waals surface area (Å²) >= 11 is 0. The molecular formula is C12H16N4O. The zero-order valence-corrected chi connectivity index (χ0v) is 9.63. The number of carbonyl (C=O) groups excluding carboxylic acids is 1. The van der Waals surface area contributed by atoms with Gasteiger partial charge in [0.15, 0.2) is 0 Å². The molecule has 2 aromatic rings. The van der Waals surface area contributed by atoms with Gasteiger partial charge in [0.05, 0.1) is 0 Å². The van der Waals surface area contributed by atoms with E-state index >= 15 is 0 Å². The molecule has 0 saturated carbocycles. The predicted octanol–water partition coefficient (Wildman–Crippen LogP) is 1.26. The summed E-state index contributed by atoms with van der Waals surface area (Å²) in [6.07, 6.45) is 0. The first kappa shape index (κ1) is 13.0. The van der Waals surface area contributed by atoms with Crippen LogP contribution in [0.1, 0.15) is 5.56 Å². The maximum absolute atomic E-state index is 9.60. The van der Waals surface area contributed by atoms with E-state index in [-0.39, 0.29) is 0 Å². The number of rotatable bonds is 0. The lowest BCUT2D eigenvalue weighted by Crippen LogP contribution is -2.46. The third-order valence-corrected chi connectivity index (χ3v) is 2.26. The minimum absolute atomic E-state index is 0.306. The summed E-state index contributed by atoms with van der Waals surface area (Å²) in [7, 11) is 0. The van der Waals surface area contributed by atoms with Crippen molar-refractivity contribution < 1.29 is 4.79 Å². The Labute approximate surface area is 99.7 Å². The Kier molecular flexibility index (Phi) is 4.45. The summed E-state index contributed by atoms with van der Waals surface area (Å²) < 4.78 is 0. The van der Waals surface area contributed by atoms with E-state index < -0.39 is 6.03 Å². The number of carbonyl (C=O) groups is 1. The van der Waals surface area contributed by atoms with Gasteiger partial charge in [-0.1, -0.05) is 42.5 Å². The lowest BCUT2D eigenvalue weighted by molar-refractivity contribution is 0.210. The number of urea groups is 1. The predicted molar refractivity (Wildman–Crippen MR) is 68.5 cm³/mol. The number of amides is 2. The van der Waals surface area contributed by atoms with Crippen molar-refractivity contribution in [2.75, 3.05) is 0 Å². The van der Waals surface area contributed by atoms with Gasteiger partial charge in [-0.3, -0.25) is 0 Å². The van der Waals surface area contributed by atoms with E-state index in [1.807, 2.05) is 0 Å². The SMILES string of the molecule is Cc1cccc2ccccc12.NC(=O)N(N)N. The van der Waals surface area contributed by atoms with Gasteiger partial charge in [-0.05, 0) is 23.3 Å². The fourth-order valence-electron chi connectivity index (χ4n) is 1.39. The van der Waals surface area contributed by atoms with Gasteiger partial charge in [0, 0.05) is 0 Å². The fraction of sp³-hybridized carbons (Fsp3) is 0.0833. The van der Waals surface area contributed by atoms with Gasteiger partial charge in [-0.25, -0.2) is 16.5 Å². The van der Waals surface area contributed by atoms with E-state index in [9.17, 15) is 4.79 Å². The van der Waals surface area contributed by atoms with Crippen LogP contribution in [0, 0.1) is 6.92 Å². The Balaban J connectivity index is 0.000000209. The molecule has 17 heavy (non-hydrogen) atoms. The molecule has 0 heterocycles. The number of nitrogens with zero attached hydrogens (tertiary/aromatic N) is 1. The van der Waals surface area contributed by atoms with Crippen molar-refractivity contribution in [3.05, 3.63) is 48.0 Å². The topological polar surface area (TPSA) is 98.4 Å². The van der Waals surface area contributed by atoms with E-state index in [0.29, 0.717) is 5.12 Å². The summed E-state index contributed by atoms with van der Waals surface area (Å²) in [4.78, 5) is 9.60. The average Bonchev–Trinajstić information content (AvgIpc) is 2.30. The molecule has 0 radical (unpaired) electrons. The minimum Gasteiger partial charge on any atom is -0.349 e. The normalized spacial score (nSPS) is 9.35. The molecule has 0 saturated heterocycles. The van der Waals surface area contributed by atoms with E-state index in [2.05, 4.69) is 66.8 Å². The van der Waals surface area contributed by atoms with Gasteiger partial charge >= 0.3 is 6.03 Å². The molecule has 2 amide bonds. The highest BCUT2D eigenvalue weighted by molar-refractivity contribution is 5.85. The van der Waals surface area contributed by atoms with Gasteiger partial charge in [0.1, 0.15) is 0 Å². The van der Waals surface area contributed by atoms with Crippen molar-refractivity contribution in [1.82, 2.24) is 5.12 Å². The number of benzene rings is 2. The van der Waals surface area contributed by atoms with Gasteiger partial charge < -0.3 is 5.73 Å². The largest absolute Gasteiger partial charge is 0.349 e. The number of hydrazine groups is 2. The van der Waals surface area contributed by atoms with Crippen LogP contribution in [-0.4, -0.2) is 11.1 Å². The zero-order chi connectivity index (χ0) is 12.8. The Morgan fingerprint density at radius 1 is 1.06 bits per heavy atom. The molecule has 6 N–H and O–H groups in total. The van der Waals surface area contributed by atoms with Crippen molar-refractivity contribution in [2.45, 2.75) is 6.92 Å². The van der Waals surface area contributed by atoms with E-state index in [0.717, 1.165) is 0 Å². The molecule has 2 aromatic carbocycles. The number of fused-ring (bicyclic) bond motifs is 1. The van der Waals surface area contributed by atoms with Crippen molar-refractivity contribution in [2.24, 2.45) is 17.4 Å². The zero-order valence-electron chi connectivity index (χ0n) is 9.63.